The Morgan fingerprint density at radius 1 is 1.24 bits per heavy atom. The third-order valence-electron chi connectivity index (χ3n) is 4.76. The van der Waals surface area contributed by atoms with E-state index in [1.54, 1.807) is 0 Å². The minimum atomic E-state index is 0.740. The maximum absolute atomic E-state index is 3.68. The minimum absolute atomic E-state index is 0.740. The predicted molar refractivity (Wildman–Crippen MR) is 93.9 cm³/mol. The molecule has 1 aromatic rings. The lowest BCUT2D eigenvalue weighted by molar-refractivity contribution is 0.433. The third kappa shape index (κ3) is 4.01. The monoisotopic (exact) mass is 350 g/mol. The number of piperidine rings is 1. The van der Waals surface area contributed by atoms with E-state index < -0.39 is 0 Å². The van der Waals surface area contributed by atoms with E-state index in [4.69, 9.17) is 0 Å². The molecule has 3 rings (SSSR count). The summed E-state index contributed by atoms with van der Waals surface area (Å²) in [7, 11) is 0. The first-order valence-electron chi connectivity index (χ1n) is 8.56. The van der Waals surface area contributed by atoms with E-state index in [2.05, 4.69) is 51.3 Å². The summed E-state index contributed by atoms with van der Waals surface area (Å²) >= 11 is 3.64. The van der Waals surface area contributed by atoms with Crippen molar-refractivity contribution in [1.29, 1.82) is 0 Å². The molecule has 0 bridgehead atoms. The lowest BCUT2D eigenvalue weighted by atomic mass is 9.96. The number of rotatable bonds is 6. The number of anilines is 1. The van der Waals surface area contributed by atoms with Crippen molar-refractivity contribution in [3.05, 3.63) is 28.2 Å². The predicted octanol–water partition coefficient (Wildman–Crippen LogP) is 4.86. The Morgan fingerprint density at radius 3 is 2.86 bits per heavy atom. The Kier molecular flexibility index (Phi) is 5.23. The third-order valence-corrected chi connectivity index (χ3v) is 5.25. The first-order chi connectivity index (χ1) is 10.3. The van der Waals surface area contributed by atoms with Gasteiger partial charge in [-0.15, -0.1) is 0 Å². The van der Waals surface area contributed by atoms with Crippen LogP contribution in [0.5, 0.6) is 0 Å². The fourth-order valence-electron chi connectivity index (χ4n) is 3.47. The number of hydrogen-bond donors (Lipinski definition) is 1. The molecule has 1 aliphatic carbocycles. The highest BCUT2D eigenvalue weighted by Gasteiger charge is 2.25. The Hall–Kier alpha value is -0.540. The fraction of sp³-hybridized carbons (Fsp3) is 0.667. The van der Waals surface area contributed by atoms with Crippen molar-refractivity contribution in [3.8, 4) is 0 Å². The topological polar surface area (TPSA) is 15.3 Å². The highest BCUT2D eigenvalue weighted by atomic mass is 79.9. The van der Waals surface area contributed by atoms with Crippen LogP contribution < -0.4 is 10.2 Å². The normalized spacial score (nSPS) is 22.6. The summed E-state index contributed by atoms with van der Waals surface area (Å²) in [6.45, 7) is 4.54. The minimum Gasteiger partial charge on any atom is -0.368 e. The lowest BCUT2D eigenvalue weighted by Gasteiger charge is -2.39. The van der Waals surface area contributed by atoms with Crippen molar-refractivity contribution >= 4 is 21.6 Å². The maximum atomic E-state index is 3.68. The van der Waals surface area contributed by atoms with Gasteiger partial charge in [-0.25, -0.2) is 0 Å². The molecule has 1 N–H and O–H groups in total. The summed E-state index contributed by atoms with van der Waals surface area (Å²) in [5.74, 6) is 0. The van der Waals surface area contributed by atoms with Gasteiger partial charge < -0.3 is 10.2 Å². The summed E-state index contributed by atoms with van der Waals surface area (Å²) in [6, 6.07) is 8.34. The molecule has 1 saturated carbocycles. The summed E-state index contributed by atoms with van der Waals surface area (Å²) < 4.78 is 1.20. The average molecular weight is 351 g/mol. The molecular weight excluding hydrogens is 324 g/mol. The zero-order chi connectivity index (χ0) is 14.7. The van der Waals surface area contributed by atoms with E-state index in [1.165, 1.54) is 67.2 Å². The van der Waals surface area contributed by atoms with E-state index in [9.17, 15) is 0 Å². The molecule has 3 heteroatoms. The van der Waals surface area contributed by atoms with Crippen LogP contribution in [0.2, 0.25) is 0 Å². The first kappa shape index (κ1) is 15.4. The highest BCUT2D eigenvalue weighted by molar-refractivity contribution is 9.10. The fourth-order valence-corrected chi connectivity index (χ4v) is 3.88. The van der Waals surface area contributed by atoms with Crippen LogP contribution in [0.4, 0.5) is 5.69 Å². The van der Waals surface area contributed by atoms with E-state index >= 15 is 0 Å². The van der Waals surface area contributed by atoms with Crippen LogP contribution in [0.25, 0.3) is 0 Å². The largest absolute Gasteiger partial charge is 0.368 e. The van der Waals surface area contributed by atoms with Gasteiger partial charge in [0, 0.05) is 35.3 Å². The number of hydrogen-bond acceptors (Lipinski definition) is 2. The Labute approximate surface area is 137 Å². The van der Waals surface area contributed by atoms with Gasteiger partial charge in [0.15, 0.2) is 0 Å². The summed E-state index contributed by atoms with van der Waals surface area (Å²) in [6.07, 6.45) is 9.41. The van der Waals surface area contributed by atoms with Gasteiger partial charge in [-0.1, -0.05) is 29.3 Å². The van der Waals surface area contributed by atoms with Gasteiger partial charge in [-0.2, -0.15) is 0 Å². The Morgan fingerprint density at radius 2 is 2.10 bits per heavy atom. The zero-order valence-electron chi connectivity index (χ0n) is 13.1. The van der Waals surface area contributed by atoms with Gasteiger partial charge in [0.25, 0.3) is 0 Å². The standard InChI is InChI=1S/C18H27BrN2/c1-2-5-17-6-3-4-11-21(17)18-10-7-15(19)12-14(18)13-20-16-8-9-16/h7,10,12,16-17,20H,2-6,8-9,11,13H2,1H3. The summed E-state index contributed by atoms with van der Waals surface area (Å²) in [4.78, 5) is 2.68. The molecule has 2 aliphatic rings. The summed E-state index contributed by atoms with van der Waals surface area (Å²) in [5, 5.41) is 3.68. The summed E-state index contributed by atoms with van der Waals surface area (Å²) in [5.41, 5.74) is 2.92. The highest BCUT2D eigenvalue weighted by Crippen LogP contribution is 2.32. The molecule has 0 spiro atoms. The van der Waals surface area contributed by atoms with E-state index in [-0.39, 0.29) is 0 Å². The van der Waals surface area contributed by atoms with E-state index in [0.29, 0.717) is 0 Å². The van der Waals surface area contributed by atoms with Crippen LogP contribution in [-0.4, -0.2) is 18.6 Å². The van der Waals surface area contributed by atoms with Crippen LogP contribution in [0.1, 0.15) is 57.4 Å². The van der Waals surface area contributed by atoms with Gasteiger partial charge in [0.2, 0.25) is 0 Å². The van der Waals surface area contributed by atoms with Gasteiger partial charge >= 0.3 is 0 Å². The maximum Gasteiger partial charge on any atom is 0.0415 e. The second-order valence-corrected chi connectivity index (χ2v) is 7.48. The molecular formula is C18H27BrN2. The number of benzene rings is 1. The second kappa shape index (κ2) is 7.15. The second-order valence-electron chi connectivity index (χ2n) is 6.56. The van der Waals surface area contributed by atoms with E-state index in [1.807, 2.05) is 0 Å². The van der Waals surface area contributed by atoms with Crippen LogP contribution in [0, 0.1) is 0 Å². The molecule has 0 radical (unpaired) electrons. The molecule has 1 unspecified atom stereocenters. The van der Waals surface area contributed by atoms with Gasteiger partial charge in [0.05, 0.1) is 0 Å². The molecule has 0 aromatic heterocycles. The van der Waals surface area contributed by atoms with Crippen molar-refractivity contribution in [1.82, 2.24) is 5.32 Å². The van der Waals surface area contributed by atoms with Crippen molar-refractivity contribution in [2.75, 3.05) is 11.4 Å². The number of nitrogens with zero attached hydrogens (tertiary/aromatic N) is 1. The molecule has 2 nitrogen and oxygen atoms in total. The zero-order valence-corrected chi connectivity index (χ0v) is 14.7. The number of halogens is 1. The molecule has 0 amide bonds. The molecule has 1 aliphatic heterocycles. The van der Waals surface area contributed by atoms with Crippen LogP contribution in [-0.2, 0) is 6.54 Å². The molecule has 2 fully saturated rings. The van der Waals surface area contributed by atoms with Crippen LogP contribution >= 0.6 is 15.9 Å². The first-order valence-corrected chi connectivity index (χ1v) is 9.35. The van der Waals surface area contributed by atoms with Gasteiger partial charge in [-0.3, -0.25) is 0 Å². The molecule has 21 heavy (non-hydrogen) atoms. The SMILES string of the molecule is CCCC1CCCCN1c1ccc(Br)cc1CNC1CC1. The van der Waals surface area contributed by atoms with Crippen LogP contribution in [0.15, 0.2) is 22.7 Å². The average Bonchev–Trinajstić information content (AvgIpc) is 3.31. The van der Waals surface area contributed by atoms with Crippen molar-refractivity contribution in [2.45, 2.75) is 70.5 Å². The van der Waals surface area contributed by atoms with Gasteiger partial charge in [0.1, 0.15) is 0 Å². The molecule has 1 atom stereocenters. The van der Waals surface area contributed by atoms with Gasteiger partial charge in [-0.05, 0) is 62.3 Å². The van der Waals surface area contributed by atoms with Crippen LogP contribution in [0.3, 0.4) is 0 Å². The van der Waals surface area contributed by atoms with Crippen molar-refractivity contribution in [3.63, 3.8) is 0 Å². The number of nitrogens with one attached hydrogen (secondary N) is 1. The smallest absolute Gasteiger partial charge is 0.0415 e. The van der Waals surface area contributed by atoms with Crippen molar-refractivity contribution < 1.29 is 0 Å². The Bertz CT molecular complexity index is 468. The molecule has 1 heterocycles. The van der Waals surface area contributed by atoms with E-state index in [0.717, 1.165) is 18.6 Å². The quantitative estimate of drug-likeness (QED) is 0.787. The molecule has 1 saturated heterocycles. The molecule has 116 valence electrons. The lowest BCUT2D eigenvalue weighted by Crippen LogP contribution is -2.40. The van der Waals surface area contributed by atoms with Crippen molar-refractivity contribution in [2.24, 2.45) is 0 Å². The molecule has 1 aromatic carbocycles. The Balaban J connectivity index is 1.80.